The van der Waals surface area contributed by atoms with Crippen molar-refractivity contribution in [3.8, 4) is 0 Å². The summed E-state index contributed by atoms with van der Waals surface area (Å²) in [4.78, 5) is 11.4. The van der Waals surface area contributed by atoms with E-state index in [1.54, 1.807) is 0 Å². The van der Waals surface area contributed by atoms with Gasteiger partial charge in [-0.15, -0.1) is 0 Å². The molecule has 0 bridgehead atoms. The van der Waals surface area contributed by atoms with Gasteiger partial charge in [-0.2, -0.15) is 0 Å². The van der Waals surface area contributed by atoms with Gasteiger partial charge in [-0.25, -0.2) is 4.39 Å². The van der Waals surface area contributed by atoms with E-state index in [9.17, 15) is 9.18 Å². The molecule has 0 amide bonds. The van der Waals surface area contributed by atoms with Crippen LogP contribution in [0.25, 0.3) is 0 Å². The summed E-state index contributed by atoms with van der Waals surface area (Å²) in [7, 11) is 0. The van der Waals surface area contributed by atoms with Gasteiger partial charge in [-0.05, 0) is 30.5 Å². The normalized spacial score (nSPS) is 15.7. The largest absolute Gasteiger partial charge is 0.294 e. The maximum Gasteiger partial charge on any atom is 0.163 e. The maximum atomic E-state index is 13.0. The minimum Gasteiger partial charge on any atom is -0.294 e. The summed E-state index contributed by atoms with van der Waals surface area (Å²) in [5, 5.41) is 0.116. The van der Waals surface area contributed by atoms with Crippen LogP contribution in [0.3, 0.4) is 0 Å². The molecule has 0 saturated carbocycles. The molecular weight excluding hydrogens is 191 g/mol. The predicted octanol–water partition coefficient (Wildman–Crippen LogP) is 3.00. The van der Waals surface area contributed by atoms with Gasteiger partial charge in [0.15, 0.2) is 5.78 Å². The zero-order chi connectivity index (χ0) is 9.42. The summed E-state index contributed by atoms with van der Waals surface area (Å²) in [6.07, 6.45) is 2.03. The van der Waals surface area contributed by atoms with E-state index in [0.717, 1.165) is 6.42 Å². The summed E-state index contributed by atoms with van der Waals surface area (Å²) < 4.78 is 13.0. The molecule has 0 aliphatic heterocycles. The van der Waals surface area contributed by atoms with Gasteiger partial charge in [-0.3, -0.25) is 4.79 Å². The number of hydrogen-bond donors (Lipinski definition) is 0. The highest BCUT2D eigenvalue weighted by Gasteiger charge is 2.20. The third-order valence-corrected chi connectivity index (χ3v) is 2.74. The number of carbonyl (C=O) groups is 1. The highest BCUT2D eigenvalue weighted by Crippen LogP contribution is 2.29. The third kappa shape index (κ3) is 1.35. The molecule has 0 fully saturated rings. The smallest absolute Gasteiger partial charge is 0.163 e. The molecule has 0 atom stereocenters. The molecule has 1 nitrogen and oxygen atoms in total. The second-order valence-electron chi connectivity index (χ2n) is 3.16. The zero-order valence-corrected chi connectivity index (χ0v) is 7.70. The molecule has 0 N–H and O–H groups in total. The SMILES string of the molecule is O=C1CCCc2c1ccc(F)c2Cl. The summed E-state index contributed by atoms with van der Waals surface area (Å²) in [6, 6.07) is 2.78. The second kappa shape index (κ2) is 3.11. The van der Waals surface area contributed by atoms with Gasteiger partial charge >= 0.3 is 0 Å². The Morgan fingerprint density at radius 2 is 2.08 bits per heavy atom. The van der Waals surface area contributed by atoms with Crippen molar-refractivity contribution in [2.45, 2.75) is 19.3 Å². The summed E-state index contributed by atoms with van der Waals surface area (Å²) in [5.41, 5.74) is 1.27. The Balaban J connectivity index is 2.63. The highest BCUT2D eigenvalue weighted by atomic mass is 35.5. The van der Waals surface area contributed by atoms with E-state index in [4.69, 9.17) is 11.6 Å². The first-order chi connectivity index (χ1) is 6.20. The fourth-order valence-corrected chi connectivity index (χ4v) is 1.92. The lowest BCUT2D eigenvalue weighted by molar-refractivity contribution is 0.0972. The van der Waals surface area contributed by atoms with Crippen LogP contribution in [-0.2, 0) is 6.42 Å². The van der Waals surface area contributed by atoms with Gasteiger partial charge in [0.1, 0.15) is 5.82 Å². The Labute approximate surface area is 80.5 Å². The van der Waals surface area contributed by atoms with Gasteiger partial charge in [0.25, 0.3) is 0 Å². The van der Waals surface area contributed by atoms with Gasteiger partial charge < -0.3 is 0 Å². The first kappa shape index (κ1) is 8.70. The first-order valence-corrected chi connectivity index (χ1v) is 4.58. The van der Waals surface area contributed by atoms with Crippen molar-refractivity contribution >= 4 is 17.4 Å². The van der Waals surface area contributed by atoms with Crippen molar-refractivity contribution in [3.05, 3.63) is 34.1 Å². The fourth-order valence-electron chi connectivity index (χ4n) is 1.66. The number of ketones is 1. The van der Waals surface area contributed by atoms with Crippen LogP contribution in [0, 0.1) is 5.82 Å². The lowest BCUT2D eigenvalue weighted by Crippen LogP contribution is -2.11. The predicted molar refractivity (Wildman–Crippen MR) is 48.7 cm³/mol. The van der Waals surface area contributed by atoms with Gasteiger partial charge in [0, 0.05) is 12.0 Å². The molecule has 2 rings (SSSR count). The Kier molecular flexibility index (Phi) is 2.08. The Bertz CT molecular complexity index is 373. The van der Waals surface area contributed by atoms with E-state index in [2.05, 4.69) is 0 Å². The molecule has 13 heavy (non-hydrogen) atoms. The number of hydrogen-bond acceptors (Lipinski definition) is 1. The molecule has 1 aliphatic rings. The molecule has 0 heterocycles. The zero-order valence-electron chi connectivity index (χ0n) is 6.94. The van der Waals surface area contributed by atoms with Crippen LogP contribution < -0.4 is 0 Å². The van der Waals surface area contributed by atoms with Crippen molar-refractivity contribution in [3.63, 3.8) is 0 Å². The first-order valence-electron chi connectivity index (χ1n) is 4.20. The van der Waals surface area contributed by atoms with E-state index < -0.39 is 5.82 Å². The number of rotatable bonds is 0. The van der Waals surface area contributed by atoms with Crippen LogP contribution in [0.4, 0.5) is 4.39 Å². The fraction of sp³-hybridized carbons (Fsp3) is 0.300. The second-order valence-corrected chi connectivity index (χ2v) is 3.54. The van der Waals surface area contributed by atoms with E-state index in [1.165, 1.54) is 12.1 Å². The molecule has 1 aliphatic carbocycles. The molecule has 1 aromatic carbocycles. The van der Waals surface area contributed by atoms with Crippen molar-refractivity contribution < 1.29 is 9.18 Å². The highest BCUT2D eigenvalue weighted by molar-refractivity contribution is 6.32. The van der Waals surface area contributed by atoms with Crippen LogP contribution >= 0.6 is 11.6 Å². The van der Waals surface area contributed by atoms with Crippen LogP contribution in [0.15, 0.2) is 12.1 Å². The number of halogens is 2. The number of fused-ring (bicyclic) bond motifs is 1. The molecule has 0 unspecified atom stereocenters. The molecule has 0 spiro atoms. The lowest BCUT2D eigenvalue weighted by atomic mass is 9.90. The van der Waals surface area contributed by atoms with Gasteiger partial charge in [0.2, 0.25) is 0 Å². The third-order valence-electron chi connectivity index (χ3n) is 2.33. The quantitative estimate of drug-likeness (QED) is 0.626. The lowest BCUT2D eigenvalue weighted by Gasteiger charge is -2.15. The minimum absolute atomic E-state index is 0.0724. The van der Waals surface area contributed by atoms with Crippen molar-refractivity contribution in [1.82, 2.24) is 0 Å². The van der Waals surface area contributed by atoms with Gasteiger partial charge in [-0.1, -0.05) is 11.6 Å². The summed E-state index contributed by atoms with van der Waals surface area (Å²) >= 11 is 5.75. The maximum absolute atomic E-state index is 13.0. The summed E-state index contributed by atoms with van der Waals surface area (Å²) in [5.74, 6) is -0.363. The standard InChI is InChI=1S/C10H8ClFO/c11-10-7-2-1-3-9(13)6(7)4-5-8(10)12/h4-5H,1-3H2. The van der Waals surface area contributed by atoms with Crippen LogP contribution in [-0.4, -0.2) is 5.78 Å². The Morgan fingerprint density at radius 1 is 1.31 bits per heavy atom. The van der Waals surface area contributed by atoms with Crippen LogP contribution in [0.5, 0.6) is 0 Å². The van der Waals surface area contributed by atoms with Gasteiger partial charge in [0.05, 0.1) is 5.02 Å². The Hall–Kier alpha value is -0.890. The topological polar surface area (TPSA) is 17.1 Å². The van der Waals surface area contributed by atoms with E-state index >= 15 is 0 Å². The van der Waals surface area contributed by atoms with Crippen molar-refractivity contribution in [2.75, 3.05) is 0 Å². The van der Waals surface area contributed by atoms with Crippen LogP contribution in [0.2, 0.25) is 5.02 Å². The van der Waals surface area contributed by atoms with Crippen molar-refractivity contribution in [1.29, 1.82) is 0 Å². The molecule has 0 aromatic heterocycles. The van der Waals surface area contributed by atoms with Crippen molar-refractivity contribution in [2.24, 2.45) is 0 Å². The Morgan fingerprint density at radius 3 is 2.85 bits per heavy atom. The molecule has 0 saturated heterocycles. The molecule has 3 heteroatoms. The molecule has 68 valence electrons. The minimum atomic E-state index is -0.435. The number of carbonyl (C=O) groups excluding carboxylic acids is 1. The number of benzene rings is 1. The molecular formula is C10H8ClFO. The summed E-state index contributed by atoms with van der Waals surface area (Å²) in [6.45, 7) is 0. The molecule has 1 aromatic rings. The van der Waals surface area contributed by atoms with E-state index in [1.807, 2.05) is 0 Å². The van der Waals surface area contributed by atoms with E-state index in [0.29, 0.717) is 24.0 Å². The molecule has 0 radical (unpaired) electrons. The average molecular weight is 199 g/mol. The van der Waals surface area contributed by atoms with Crippen LogP contribution in [0.1, 0.15) is 28.8 Å². The monoisotopic (exact) mass is 198 g/mol. The number of Topliss-reactive ketones (excluding diaryl/α,β-unsaturated/α-hetero) is 1. The van der Waals surface area contributed by atoms with E-state index in [-0.39, 0.29) is 10.8 Å². The average Bonchev–Trinajstić information content (AvgIpc) is 2.12.